The number of nitrogens with two attached hydrogens (primary N) is 1. The van der Waals surface area contributed by atoms with E-state index in [2.05, 4.69) is 4.98 Å². The molecule has 2 rings (SSSR count). The Hall–Kier alpha value is -1.26. The van der Waals surface area contributed by atoms with E-state index in [1.165, 1.54) is 6.92 Å². The lowest BCUT2D eigenvalue weighted by atomic mass is 10.0. The molecule has 5 heteroatoms. The lowest BCUT2D eigenvalue weighted by Crippen LogP contribution is -2.15. The van der Waals surface area contributed by atoms with Crippen LogP contribution in [0.4, 0.5) is 18.9 Å². The summed E-state index contributed by atoms with van der Waals surface area (Å²) in [7, 11) is 0. The van der Waals surface area contributed by atoms with Gasteiger partial charge < -0.3 is 5.73 Å². The zero-order valence-corrected chi connectivity index (χ0v) is 9.15. The first kappa shape index (κ1) is 11.2. The fourth-order valence-electron chi connectivity index (χ4n) is 1.87. The number of alkyl halides is 3. The van der Waals surface area contributed by atoms with Gasteiger partial charge in [0, 0.05) is 11.6 Å². The van der Waals surface area contributed by atoms with Gasteiger partial charge in [-0.1, -0.05) is 0 Å². The van der Waals surface area contributed by atoms with Gasteiger partial charge in [-0.25, -0.2) is 0 Å². The van der Waals surface area contributed by atoms with Crippen LogP contribution in [-0.4, -0.2) is 4.98 Å². The van der Waals surface area contributed by atoms with Crippen LogP contribution in [0.5, 0.6) is 0 Å². The molecule has 1 saturated carbocycles. The van der Waals surface area contributed by atoms with Crippen molar-refractivity contribution in [2.24, 2.45) is 0 Å². The molecule has 16 heavy (non-hydrogen) atoms. The summed E-state index contributed by atoms with van der Waals surface area (Å²) >= 11 is 0. The Morgan fingerprint density at radius 1 is 1.25 bits per heavy atom. The number of pyridine rings is 1. The first-order valence-corrected chi connectivity index (χ1v) is 5.16. The van der Waals surface area contributed by atoms with Crippen LogP contribution in [0.3, 0.4) is 0 Å². The molecule has 0 spiro atoms. The first-order chi connectivity index (χ1) is 7.32. The van der Waals surface area contributed by atoms with Gasteiger partial charge in [0.25, 0.3) is 0 Å². The molecule has 1 heterocycles. The molecule has 0 atom stereocenters. The molecule has 1 aromatic rings. The first-order valence-electron chi connectivity index (χ1n) is 5.16. The van der Waals surface area contributed by atoms with Gasteiger partial charge in [-0.3, -0.25) is 4.98 Å². The molecule has 88 valence electrons. The molecular formula is C11H13F3N2. The summed E-state index contributed by atoms with van der Waals surface area (Å²) in [6.45, 7) is 3.01. The third-order valence-electron chi connectivity index (χ3n) is 3.00. The Bertz CT molecular complexity index is 434. The fraction of sp³-hybridized carbons (Fsp3) is 0.545. The zero-order valence-electron chi connectivity index (χ0n) is 9.15. The van der Waals surface area contributed by atoms with Crippen molar-refractivity contribution in [3.05, 3.63) is 22.5 Å². The van der Waals surface area contributed by atoms with Gasteiger partial charge in [0.1, 0.15) is 0 Å². The van der Waals surface area contributed by atoms with Gasteiger partial charge in [0.2, 0.25) is 0 Å². The van der Waals surface area contributed by atoms with Crippen LogP contribution in [0.1, 0.15) is 41.3 Å². The van der Waals surface area contributed by atoms with E-state index in [4.69, 9.17) is 5.73 Å². The smallest absolute Gasteiger partial charge is 0.397 e. The maximum Gasteiger partial charge on any atom is 0.418 e. The van der Waals surface area contributed by atoms with Crippen LogP contribution in [0.15, 0.2) is 0 Å². The standard InChI is InChI=1S/C11H13F3N2/c1-5-6(2)16-10(7-3-4-7)9(15)8(5)11(12,13)14/h7H,3-4,15H2,1-2H3. The minimum absolute atomic E-state index is 0.125. The Kier molecular flexibility index (Phi) is 2.36. The zero-order chi connectivity index (χ0) is 12.1. The van der Waals surface area contributed by atoms with Crippen LogP contribution in [0, 0.1) is 13.8 Å². The molecule has 0 unspecified atom stereocenters. The maximum atomic E-state index is 12.8. The van der Waals surface area contributed by atoms with E-state index in [-0.39, 0.29) is 17.2 Å². The maximum absolute atomic E-state index is 12.8. The van der Waals surface area contributed by atoms with Gasteiger partial charge in [-0.15, -0.1) is 0 Å². The van der Waals surface area contributed by atoms with E-state index < -0.39 is 11.7 Å². The van der Waals surface area contributed by atoms with E-state index in [0.717, 1.165) is 12.8 Å². The summed E-state index contributed by atoms with van der Waals surface area (Å²) in [5, 5.41) is 0. The number of rotatable bonds is 1. The van der Waals surface area contributed by atoms with Crippen LogP contribution in [0.2, 0.25) is 0 Å². The molecule has 1 aromatic heterocycles. The summed E-state index contributed by atoms with van der Waals surface area (Å²) in [4.78, 5) is 4.18. The third-order valence-corrected chi connectivity index (χ3v) is 3.00. The molecule has 0 aliphatic heterocycles. The highest BCUT2D eigenvalue weighted by molar-refractivity contribution is 5.58. The number of hydrogen-bond acceptors (Lipinski definition) is 2. The average molecular weight is 230 g/mol. The second-order valence-electron chi connectivity index (χ2n) is 4.27. The van der Waals surface area contributed by atoms with Crippen LogP contribution in [-0.2, 0) is 6.18 Å². The minimum Gasteiger partial charge on any atom is -0.397 e. The summed E-state index contributed by atoms with van der Waals surface area (Å²) in [6, 6.07) is 0. The Morgan fingerprint density at radius 2 is 1.81 bits per heavy atom. The van der Waals surface area contributed by atoms with Crippen molar-refractivity contribution in [3.8, 4) is 0 Å². The number of anilines is 1. The third kappa shape index (κ3) is 1.74. The van der Waals surface area contributed by atoms with Crippen molar-refractivity contribution in [2.45, 2.75) is 38.8 Å². The van der Waals surface area contributed by atoms with E-state index in [1.54, 1.807) is 6.92 Å². The molecule has 1 aliphatic carbocycles. The quantitative estimate of drug-likeness (QED) is 0.804. The van der Waals surface area contributed by atoms with Crippen molar-refractivity contribution in [1.29, 1.82) is 0 Å². The molecule has 0 radical (unpaired) electrons. The molecule has 0 amide bonds. The lowest BCUT2D eigenvalue weighted by Gasteiger charge is -2.17. The largest absolute Gasteiger partial charge is 0.418 e. The van der Waals surface area contributed by atoms with Gasteiger partial charge >= 0.3 is 6.18 Å². The average Bonchev–Trinajstić information content (AvgIpc) is 2.92. The van der Waals surface area contributed by atoms with Crippen LogP contribution in [0.25, 0.3) is 0 Å². The molecule has 0 bridgehead atoms. The molecular weight excluding hydrogens is 217 g/mol. The molecule has 1 fully saturated rings. The van der Waals surface area contributed by atoms with Crippen molar-refractivity contribution >= 4 is 5.69 Å². The Labute approximate surface area is 91.7 Å². The second-order valence-corrected chi connectivity index (χ2v) is 4.27. The number of nitrogen functional groups attached to an aromatic ring is 1. The number of aromatic nitrogens is 1. The van der Waals surface area contributed by atoms with E-state index >= 15 is 0 Å². The monoisotopic (exact) mass is 230 g/mol. The second kappa shape index (κ2) is 3.37. The van der Waals surface area contributed by atoms with Crippen molar-refractivity contribution in [1.82, 2.24) is 4.98 Å². The SMILES string of the molecule is Cc1nc(C2CC2)c(N)c(C(F)(F)F)c1C. The van der Waals surface area contributed by atoms with Crippen molar-refractivity contribution in [3.63, 3.8) is 0 Å². The number of nitrogens with zero attached hydrogens (tertiary/aromatic N) is 1. The highest BCUT2D eigenvalue weighted by atomic mass is 19.4. The molecule has 0 saturated heterocycles. The Morgan fingerprint density at radius 3 is 2.25 bits per heavy atom. The summed E-state index contributed by atoms with van der Waals surface area (Å²) < 4.78 is 38.5. The minimum atomic E-state index is -4.40. The highest BCUT2D eigenvalue weighted by Gasteiger charge is 2.39. The van der Waals surface area contributed by atoms with Crippen LogP contribution >= 0.6 is 0 Å². The molecule has 1 aliphatic rings. The molecule has 0 aromatic carbocycles. The number of aryl methyl sites for hydroxylation is 1. The normalized spacial score (nSPS) is 16.6. The van der Waals surface area contributed by atoms with Gasteiger partial charge in [0.15, 0.2) is 0 Å². The van der Waals surface area contributed by atoms with Crippen LogP contribution < -0.4 is 5.73 Å². The molecule has 2 N–H and O–H groups in total. The van der Waals surface area contributed by atoms with E-state index in [9.17, 15) is 13.2 Å². The predicted molar refractivity (Wildman–Crippen MR) is 55.1 cm³/mol. The lowest BCUT2D eigenvalue weighted by molar-refractivity contribution is -0.137. The molecule has 2 nitrogen and oxygen atoms in total. The van der Waals surface area contributed by atoms with E-state index in [1.807, 2.05) is 0 Å². The van der Waals surface area contributed by atoms with Crippen molar-refractivity contribution in [2.75, 3.05) is 5.73 Å². The van der Waals surface area contributed by atoms with Gasteiger partial charge in [0.05, 0.1) is 16.9 Å². The summed E-state index contributed by atoms with van der Waals surface area (Å²) in [5.41, 5.74) is 5.69. The summed E-state index contributed by atoms with van der Waals surface area (Å²) in [5.74, 6) is 0.125. The summed E-state index contributed by atoms with van der Waals surface area (Å²) in [6.07, 6.45) is -2.63. The number of halogens is 3. The van der Waals surface area contributed by atoms with E-state index in [0.29, 0.717) is 11.4 Å². The predicted octanol–water partition coefficient (Wildman–Crippen LogP) is 3.18. The Balaban J connectivity index is 2.65. The number of hydrogen-bond donors (Lipinski definition) is 1. The van der Waals surface area contributed by atoms with Crippen molar-refractivity contribution < 1.29 is 13.2 Å². The van der Waals surface area contributed by atoms with Gasteiger partial charge in [-0.2, -0.15) is 13.2 Å². The van der Waals surface area contributed by atoms with Gasteiger partial charge in [-0.05, 0) is 32.3 Å². The highest BCUT2D eigenvalue weighted by Crippen LogP contribution is 2.46. The topological polar surface area (TPSA) is 38.9 Å². The fourth-order valence-corrected chi connectivity index (χ4v) is 1.87.